The normalized spacial score (nSPS) is 13.7. The second-order valence-corrected chi connectivity index (χ2v) is 7.76. The lowest BCUT2D eigenvalue weighted by Crippen LogP contribution is -2.32. The van der Waals surface area contributed by atoms with Crippen LogP contribution >= 0.6 is 0 Å². The molecule has 0 aromatic heterocycles. The van der Waals surface area contributed by atoms with Crippen LogP contribution in [0.25, 0.3) is 5.57 Å². The van der Waals surface area contributed by atoms with Crippen LogP contribution in [0.3, 0.4) is 0 Å². The van der Waals surface area contributed by atoms with Crippen molar-refractivity contribution in [2.75, 3.05) is 11.9 Å². The Bertz CT molecular complexity index is 1180. The molecule has 5 heteroatoms. The van der Waals surface area contributed by atoms with Gasteiger partial charge >= 0.3 is 0 Å². The van der Waals surface area contributed by atoms with E-state index < -0.39 is 0 Å². The van der Waals surface area contributed by atoms with Crippen molar-refractivity contribution in [3.63, 3.8) is 0 Å². The van der Waals surface area contributed by atoms with E-state index in [1.165, 1.54) is 4.90 Å². The number of imide groups is 1. The number of anilines is 1. The molecule has 0 bridgehead atoms. The first kappa shape index (κ1) is 21.4. The van der Waals surface area contributed by atoms with Crippen molar-refractivity contribution in [3.8, 4) is 5.75 Å². The Morgan fingerprint density at radius 2 is 1.56 bits per heavy atom. The van der Waals surface area contributed by atoms with Crippen molar-refractivity contribution in [2.24, 2.45) is 0 Å². The Labute approximate surface area is 188 Å². The molecule has 5 nitrogen and oxygen atoms in total. The van der Waals surface area contributed by atoms with Crippen LogP contribution in [-0.2, 0) is 16.1 Å². The van der Waals surface area contributed by atoms with Gasteiger partial charge in [-0.3, -0.25) is 14.5 Å². The highest BCUT2D eigenvalue weighted by Gasteiger charge is 2.39. The highest BCUT2D eigenvalue weighted by atomic mass is 16.5. The summed E-state index contributed by atoms with van der Waals surface area (Å²) in [4.78, 5) is 28.2. The fraction of sp³-hybridized carbons (Fsp3) is 0.185. The van der Waals surface area contributed by atoms with Gasteiger partial charge in [0.2, 0.25) is 0 Å². The second-order valence-electron chi connectivity index (χ2n) is 7.76. The summed E-state index contributed by atoms with van der Waals surface area (Å²) in [6.45, 7) is 6.72. The lowest BCUT2D eigenvalue weighted by atomic mass is 10.0. The van der Waals surface area contributed by atoms with E-state index in [0.717, 1.165) is 28.1 Å². The summed E-state index contributed by atoms with van der Waals surface area (Å²) in [6, 6.07) is 22.7. The Morgan fingerprint density at radius 3 is 2.25 bits per heavy atom. The second kappa shape index (κ2) is 9.10. The molecule has 1 aliphatic rings. The average molecular weight is 427 g/mol. The molecular weight excluding hydrogens is 400 g/mol. The fourth-order valence-corrected chi connectivity index (χ4v) is 3.78. The minimum absolute atomic E-state index is 0.219. The third kappa shape index (κ3) is 4.14. The van der Waals surface area contributed by atoms with Crippen LogP contribution in [0.4, 0.5) is 5.69 Å². The monoisotopic (exact) mass is 426 g/mol. The number of carbonyl (C=O) groups is 2. The number of hydrogen-bond donors (Lipinski definition) is 1. The molecule has 0 fully saturated rings. The number of nitrogens with zero attached hydrogens (tertiary/aromatic N) is 1. The topological polar surface area (TPSA) is 58.6 Å². The Balaban J connectivity index is 1.75. The van der Waals surface area contributed by atoms with Gasteiger partial charge in [0.25, 0.3) is 11.8 Å². The number of ether oxygens (including phenoxy) is 1. The van der Waals surface area contributed by atoms with Crippen LogP contribution in [-0.4, -0.2) is 23.3 Å². The zero-order valence-corrected chi connectivity index (χ0v) is 18.5. The van der Waals surface area contributed by atoms with Gasteiger partial charge in [0, 0.05) is 5.69 Å². The molecule has 0 saturated heterocycles. The van der Waals surface area contributed by atoms with E-state index in [0.29, 0.717) is 23.4 Å². The molecule has 0 unspecified atom stereocenters. The molecule has 1 aliphatic heterocycles. The smallest absolute Gasteiger partial charge is 0.278 e. The van der Waals surface area contributed by atoms with Crippen LogP contribution in [0.5, 0.6) is 5.75 Å². The third-order valence-corrected chi connectivity index (χ3v) is 5.67. The molecule has 0 spiro atoms. The molecule has 0 saturated carbocycles. The van der Waals surface area contributed by atoms with Crippen LogP contribution in [0.2, 0.25) is 0 Å². The summed E-state index contributed by atoms with van der Waals surface area (Å²) < 4.78 is 5.53. The molecule has 1 heterocycles. The molecule has 0 radical (unpaired) electrons. The van der Waals surface area contributed by atoms with Gasteiger partial charge in [-0.05, 0) is 61.2 Å². The Hall–Kier alpha value is -3.86. The van der Waals surface area contributed by atoms with E-state index >= 15 is 0 Å². The first-order chi connectivity index (χ1) is 15.5. The number of benzene rings is 3. The predicted octanol–water partition coefficient (Wildman–Crippen LogP) is 5.09. The van der Waals surface area contributed by atoms with Crippen LogP contribution < -0.4 is 10.1 Å². The van der Waals surface area contributed by atoms with E-state index in [4.69, 9.17) is 4.74 Å². The maximum atomic E-state index is 13.5. The lowest BCUT2D eigenvalue weighted by molar-refractivity contribution is -0.137. The minimum Gasteiger partial charge on any atom is -0.494 e. The van der Waals surface area contributed by atoms with Gasteiger partial charge in [0.05, 0.1) is 18.7 Å². The van der Waals surface area contributed by atoms with Crippen molar-refractivity contribution >= 4 is 23.1 Å². The summed E-state index contributed by atoms with van der Waals surface area (Å²) in [7, 11) is 0. The van der Waals surface area contributed by atoms with Crippen LogP contribution in [0, 0.1) is 13.8 Å². The van der Waals surface area contributed by atoms with Crippen molar-refractivity contribution < 1.29 is 14.3 Å². The number of hydrogen-bond acceptors (Lipinski definition) is 4. The average Bonchev–Trinajstić information content (AvgIpc) is 3.03. The molecule has 2 amide bonds. The first-order valence-electron chi connectivity index (χ1n) is 10.7. The summed E-state index contributed by atoms with van der Waals surface area (Å²) in [5.41, 5.74) is 5.19. The maximum absolute atomic E-state index is 13.5. The van der Waals surface area contributed by atoms with Gasteiger partial charge < -0.3 is 10.1 Å². The summed E-state index contributed by atoms with van der Waals surface area (Å²) in [5, 5.41) is 3.27. The number of carbonyl (C=O) groups excluding carboxylic acids is 2. The summed E-state index contributed by atoms with van der Waals surface area (Å²) in [6.07, 6.45) is 0. The van der Waals surface area contributed by atoms with Crippen LogP contribution in [0.15, 0.2) is 78.5 Å². The fourth-order valence-electron chi connectivity index (χ4n) is 3.78. The zero-order chi connectivity index (χ0) is 22.7. The molecule has 4 rings (SSSR count). The van der Waals surface area contributed by atoms with Gasteiger partial charge in [0.15, 0.2) is 0 Å². The molecule has 0 atom stereocenters. The van der Waals surface area contributed by atoms with Gasteiger partial charge in [-0.1, -0.05) is 54.6 Å². The number of nitrogens with one attached hydrogen (secondary N) is 1. The van der Waals surface area contributed by atoms with Gasteiger partial charge in [-0.25, -0.2) is 0 Å². The van der Waals surface area contributed by atoms with E-state index in [1.54, 1.807) is 0 Å². The van der Waals surface area contributed by atoms with Crippen molar-refractivity contribution in [1.29, 1.82) is 0 Å². The predicted molar refractivity (Wildman–Crippen MR) is 126 cm³/mol. The van der Waals surface area contributed by atoms with E-state index in [9.17, 15) is 9.59 Å². The minimum atomic E-state index is -0.330. The first-order valence-corrected chi connectivity index (χ1v) is 10.7. The molecule has 162 valence electrons. The number of amides is 2. The summed E-state index contributed by atoms with van der Waals surface area (Å²) in [5.74, 6) is 0.0817. The molecule has 3 aromatic carbocycles. The number of rotatable bonds is 7. The van der Waals surface area contributed by atoms with E-state index in [1.807, 2.05) is 93.6 Å². The molecular formula is C27H26N2O3. The SMILES string of the molecule is CCOc1ccc(C2=C(Nc3cccc(C)c3C)C(=O)N(Cc3ccccc3)C2=O)cc1. The lowest BCUT2D eigenvalue weighted by Gasteiger charge is -2.16. The van der Waals surface area contributed by atoms with E-state index in [2.05, 4.69) is 5.32 Å². The largest absolute Gasteiger partial charge is 0.494 e. The third-order valence-electron chi connectivity index (χ3n) is 5.67. The van der Waals surface area contributed by atoms with E-state index in [-0.39, 0.29) is 18.4 Å². The van der Waals surface area contributed by atoms with Crippen molar-refractivity contribution in [1.82, 2.24) is 4.90 Å². The Kier molecular flexibility index (Phi) is 6.08. The van der Waals surface area contributed by atoms with Crippen molar-refractivity contribution in [2.45, 2.75) is 27.3 Å². The van der Waals surface area contributed by atoms with Gasteiger partial charge in [-0.2, -0.15) is 0 Å². The molecule has 32 heavy (non-hydrogen) atoms. The molecule has 1 N–H and O–H groups in total. The molecule has 0 aliphatic carbocycles. The quantitative estimate of drug-likeness (QED) is 0.535. The van der Waals surface area contributed by atoms with Gasteiger partial charge in [0.1, 0.15) is 11.4 Å². The molecule has 3 aromatic rings. The Morgan fingerprint density at radius 1 is 0.844 bits per heavy atom. The maximum Gasteiger partial charge on any atom is 0.278 e. The van der Waals surface area contributed by atoms with Crippen LogP contribution in [0.1, 0.15) is 29.2 Å². The zero-order valence-electron chi connectivity index (χ0n) is 18.5. The van der Waals surface area contributed by atoms with Crippen molar-refractivity contribution in [3.05, 3.63) is 101 Å². The highest BCUT2D eigenvalue weighted by molar-refractivity contribution is 6.36. The summed E-state index contributed by atoms with van der Waals surface area (Å²) >= 11 is 0. The van der Waals surface area contributed by atoms with Gasteiger partial charge in [-0.15, -0.1) is 0 Å². The highest BCUT2D eigenvalue weighted by Crippen LogP contribution is 2.33. The standard InChI is InChI=1S/C27H26N2O3/c1-4-32-22-15-13-21(14-16-22)24-25(28-23-12-8-9-18(2)19(23)3)27(31)29(26(24)30)17-20-10-6-5-7-11-20/h5-16,28H,4,17H2,1-3H3. The number of aryl methyl sites for hydroxylation is 1.